The second kappa shape index (κ2) is 4.19. The molecule has 1 aromatic heterocycles. The van der Waals surface area contributed by atoms with Crippen LogP contribution in [0.2, 0.25) is 0 Å². The van der Waals surface area contributed by atoms with Crippen molar-refractivity contribution in [3.05, 3.63) is 44.2 Å². The predicted molar refractivity (Wildman–Crippen MR) is 79.5 cm³/mol. The summed E-state index contributed by atoms with van der Waals surface area (Å²) in [6.07, 6.45) is 0.834. The number of carbonyl (C=O) groups is 1. The molecule has 0 saturated heterocycles. The van der Waals surface area contributed by atoms with E-state index in [0.29, 0.717) is 29.4 Å². The molecule has 0 saturated carbocycles. The van der Waals surface area contributed by atoms with Gasteiger partial charge in [0.15, 0.2) is 5.78 Å². The second-order valence-electron chi connectivity index (χ2n) is 6.07. The first-order valence-corrected chi connectivity index (χ1v) is 7.19. The van der Waals surface area contributed by atoms with E-state index in [0.717, 1.165) is 9.20 Å². The molecular weight excluding hydrogens is 322 g/mol. The van der Waals surface area contributed by atoms with Crippen LogP contribution in [0.25, 0.3) is 10.9 Å². The smallest absolute Gasteiger partial charge is 0.200 e. The van der Waals surface area contributed by atoms with E-state index >= 15 is 0 Å². The Morgan fingerprint density at radius 3 is 2.65 bits per heavy atom. The summed E-state index contributed by atoms with van der Waals surface area (Å²) in [5.74, 6) is -0.189. The molecule has 0 aliphatic heterocycles. The van der Waals surface area contributed by atoms with Gasteiger partial charge in [-0.05, 0) is 30.0 Å². The molecule has 4 nitrogen and oxygen atoms in total. The molecule has 0 unspecified atom stereocenters. The molecule has 0 amide bonds. The van der Waals surface area contributed by atoms with Gasteiger partial charge in [-0.1, -0.05) is 29.8 Å². The van der Waals surface area contributed by atoms with Gasteiger partial charge in [-0.2, -0.15) is 4.73 Å². The molecule has 2 aromatic rings. The summed E-state index contributed by atoms with van der Waals surface area (Å²) in [7, 11) is 0. The van der Waals surface area contributed by atoms with E-state index < -0.39 is 0 Å². The largest absolute Gasteiger partial charge is 0.428 e. The molecule has 1 N–H and O–H groups in total. The Bertz CT molecular complexity index is 805. The molecule has 3 rings (SSSR count). The molecule has 0 bridgehead atoms. The van der Waals surface area contributed by atoms with E-state index in [1.807, 2.05) is 13.8 Å². The summed E-state index contributed by atoms with van der Waals surface area (Å²) in [5, 5.41) is 10.7. The molecule has 0 spiro atoms. The number of halogens is 1. The lowest BCUT2D eigenvalue weighted by Crippen LogP contribution is -2.34. The van der Waals surface area contributed by atoms with Gasteiger partial charge in [0.05, 0.1) is 22.2 Å². The van der Waals surface area contributed by atoms with Crippen molar-refractivity contribution in [3.8, 4) is 0 Å². The highest BCUT2D eigenvalue weighted by Gasteiger charge is 2.35. The minimum absolute atomic E-state index is 0.137. The Balaban J connectivity index is 2.45. The third-order valence-corrected chi connectivity index (χ3v) is 4.26. The van der Waals surface area contributed by atoms with Crippen molar-refractivity contribution >= 4 is 32.6 Å². The van der Waals surface area contributed by atoms with Crippen molar-refractivity contribution in [1.29, 1.82) is 0 Å². The number of benzene rings is 1. The Morgan fingerprint density at radius 1 is 1.25 bits per heavy atom. The van der Waals surface area contributed by atoms with Crippen molar-refractivity contribution in [2.45, 2.75) is 26.7 Å². The Morgan fingerprint density at radius 2 is 1.95 bits per heavy atom. The first-order valence-electron chi connectivity index (χ1n) is 6.40. The molecule has 0 radical (unpaired) electrons. The van der Waals surface area contributed by atoms with E-state index in [4.69, 9.17) is 0 Å². The molecular formula is C15H14BrNO3. The van der Waals surface area contributed by atoms with E-state index in [-0.39, 0.29) is 22.2 Å². The maximum absolute atomic E-state index is 12.5. The van der Waals surface area contributed by atoms with Crippen LogP contribution in [0.4, 0.5) is 0 Å². The number of hydrogen-bond donors (Lipinski definition) is 1. The van der Waals surface area contributed by atoms with Gasteiger partial charge >= 0.3 is 0 Å². The molecule has 1 aliphatic carbocycles. The van der Waals surface area contributed by atoms with Crippen molar-refractivity contribution in [2.24, 2.45) is 5.41 Å². The zero-order valence-electron chi connectivity index (χ0n) is 11.2. The van der Waals surface area contributed by atoms with E-state index in [2.05, 4.69) is 15.9 Å². The van der Waals surface area contributed by atoms with Crippen LogP contribution in [0.1, 0.15) is 36.3 Å². The minimum atomic E-state index is -0.290. The summed E-state index contributed by atoms with van der Waals surface area (Å²) in [6, 6.07) is 5.07. The van der Waals surface area contributed by atoms with Gasteiger partial charge in [-0.25, -0.2) is 0 Å². The average Bonchev–Trinajstić information content (AvgIpc) is 2.34. The van der Waals surface area contributed by atoms with Crippen molar-refractivity contribution in [1.82, 2.24) is 4.73 Å². The van der Waals surface area contributed by atoms with Gasteiger partial charge < -0.3 is 5.21 Å². The fraction of sp³-hybridized carbons (Fsp3) is 0.333. The number of pyridine rings is 1. The van der Waals surface area contributed by atoms with Crippen LogP contribution in [-0.4, -0.2) is 15.7 Å². The van der Waals surface area contributed by atoms with Gasteiger partial charge in [0.2, 0.25) is 5.43 Å². The molecule has 1 aliphatic rings. The zero-order valence-corrected chi connectivity index (χ0v) is 12.8. The first kappa shape index (κ1) is 13.4. The number of carbonyl (C=O) groups excluding carboxylic acids is 1. The normalized spacial score (nSPS) is 17.2. The lowest BCUT2D eigenvalue weighted by Gasteiger charge is -2.30. The van der Waals surface area contributed by atoms with Gasteiger partial charge in [0, 0.05) is 10.9 Å². The summed E-state index contributed by atoms with van der Waals surface area (Å²) in [4.78, 5) is 24.8. The van der Waals surface area contributed by atoms with Crippen molar-refractivity contribution < 1.29 is 10.0 Å². The maximum atomic E-state index is 12.5. The number of ketones is 1. The van der Waals surface area contributed by atoms with E-state index in [1.54, 1.807) is 18.2 Å². The minimum Gasteiger partial charge on any atom is -0.428 e. The number of Topliss-reactive ketones (excluding diaryl/α,β-unsaturated/α-hetero) is 1. The molecule has 0 fully saturated rings. The number of hydrogen-bond acceptors (Lipinski definition) is 3. The standard InChI is InChI=1S/C15H14BrNO3/c1-15(2)6-11-13(12(18)7-15)14(19)9-5-8(16)3-4-10(9)17(11)20/h3-5,20H,6-7H2,1-2H3. The number of nitrogens with zero attached hydrogens (tertiary/aromatic N) is 1. The van der Waals surface area contributed by atoms with Gasteiger partial charge in [0.25, 0.3) is 0 Å². The van der Waals surface area contributed by atoms with Crippen LogP contribution in [0.5, 0.6) is 0 Å². The summed E-state index contributed by atoms with van der Waals surface area (Å²) in [5.41, 5.74) is 0.456. The Hall–Kier alpha value is -1.62. The van der Waals surface area contributed by atoms with E-state index in [9.17, 15) is 14.8 Å². The highest BCUT2D eigenvalue weighted by atomic mass is 79.9. The SMILES string of the molecule is CC1(C)CC(=O)c2c(n(O)c3ccc(Br)cc3c2=O)C1. The Labute approximate surface area is 124 Å². The topological polar surface area (TPSA) is 59.3 Å². The van der Waals surface area contributed by atoms with Gasteiger partial charge in [0.1, 0.15) is 0 Å². The third kappa shape index (κ3) is 1.88. The Kier molecular flexibility index (Phi) is 2.80. The van der Waals surface area contributed by atoms with Crippen LogP contribution < -0.4 is 5.43 Å². The summed E-state index contributed by atoms with van der Waals surface area (Å²) in [6.45, 7) is 3.92. The lowest BCUT2D eigenvalue weighted by molar-refractivity contribution is 0.0885. The quantitative estimate of drug-likeness (QED) is 0.752. The molecule has 0 atom stereocenters. The molecule has 1 aromatic carbocycles. The van der Waals surface area contributed by atoms with Gasteiger partial charge in [-0.3, -0.25) is 9.59 Å². The lowest BCUT2D eigenvalue weighted by atomic mass is 9.75. The van der Waals surface area contributed by atoms with Crippen LogP contribution in [0, 0.1) is 5.41 Å². The molecule has 5 heteroatoms. The number of aromatic nitrogens is 1. The second-order valence-corrected chi connectivity index (χ2v) is 6.98. The predicted octanol–water partition coefficient (Wildman–Crippen LogP) is 3.16. The fourth-order valence-electron chi connectivity index (χ4n) is 2.88. The van der Waals surface area contributed by atoms with Crippen LogP contribution in [0.3, 0.4) is 0 Å². The fourth-order valence-corrected chi connectivity index (χ4v) is 3.24. The summed E-state index contributed by atoms with van der Waals surface area (Å²) >= 11 is 3.31. The van der Waals surface area contributed by atoms with E-state index in [1.165, 1.54) is 0 Å². The third-order valence-electron chi connectivity index (χ3n) is 3.77. The summed E-state index contributed by atoms with van der Waals surface area (Å²) < 4.78 is 1.74. The number of rotatable bonds is 0. The molecule has 104 valence electrons. The monoisotopic (exact) mass is 335 g/mol. The van der Waals surface area contributed by atoms with Crippen molar-refractivity contribution in [3.63, 3.8) is 0 Å². The molecule has 1 heterocycles. The average molecular weight is 336 g/mol. The van der Waals surface area contributed by atoms with Crippen LogP contribution >= 0.6 is 15.9 Å². The highest BCUT2D eigenvalue weighted by Crippen LogP contribution is 2.34. The maximum Gasteiger partial charge on any atom is 0.200 e. The van der Waals surface area contributed by atoms with Gasteiger partial charge in [-0.15, -0.1) is 0 Å². The highest BCUT2D eigenvalue weighted by molar-refractivity contribution is 9.10. The molecule has 20 heavy (non-hydrogen) atoms. The zero-order chi connectivity index (χ0) is 14.7. The number of fused-ring (bicyclic) bond motifs is 2. The first-order chi connectivity index (χ1) is 9.30. The van der Waals surface area contributed by atoms with Crippen LogP contribution in [-0.2, 0) is 6.42 Å². The van der Waals surface area contributed by atoms with Crippen molar-refractivity contribution in [2.75, 3.05) is 0 Å². The van der Waals surface area contributed by atoms with Crippen LogP contribution in [0.15, 0.2) is 27.5 Å².